The molecule has 1 aliphatic heterocycles. The summed E-state index contributed by atoms with van der Waals surface area (Å²) in [5.74, 6) is -1.04. The Morgan fingerprint density at radius 2 is 1.95 bits per heavy atom. The Balaban J connectivity index is 2.28. The van der Waals surface area contributed by atoms with Gasteiger partial charge in [-0.2, -0.15) is 0 Å². The zero-order chi connectivity index (χ0) is 15.6. The molecule has 1 aromatic carbocycles. The number of rotatable bonds is 4. The fourth-order valence-corrected chi connectivity index (χ4v) is 2.67. The van der Waals surface area contributed by atoms with Crippen LogP contribution in [-0.4, -0.2) is 31.3 Å². The van der Waals surface area contributed by atoms with E-state index in [1.54, 1.807) is 4.90 Å². The molecule has 0 aliphatic carbocycles. The standard InChI is InChI=1S/C16H24F2N2O/c1-4-13(19)5-12-6-14(17)16(15(18)7-12)20-8-11(3)21-9-10(20)2/h6-7,10-11,13H,4-5,8-9,19H2,1-3H3. The maximum absolute atomic E-state index is 14.4. The highest BCUT2D eigenvalue weighted by molar-refractivity contribution is 5.52. The van der Waals surface area contributed by atoms with Gasteiger partial charge in [0.2, 0.25) is 0 Å². The van der Waals surface area contributed by atoms with Crippen molar-refractivity contribution >= 4 is 5.69 Å². The van der Waals surface area contributed by atoms with Crippen molar-refractivity contribution in [3.8, 4) is 0 Å². The molecule has 118 valence electrons. The second-order valence-corrected chi connectivity index (χ2v) is 5.93. The number of ether oxygens (including phenoxy) is 1. The van der Waals surface area contributed by atoms with Crippen LogP contribution in [0.15, 0.2) is 12.1 Å². The molecule has 0 saturated carbocycles. The van der Waals surface area contributed by atoms with Gasteiger partial charge in [-0.1, -0.05) is 6.92 Å². The highest BCUT2D eigenvalue weighted by Crippen LogP contribution is 2.29. The summed E-state index contributed by atoms with van der Waals surface area (Å²) in [6.45, 7) is 6.74. The van der Waals surface area contributed by atoms with E-state index in [9.17, 15) is 8.78 Å². The molecule has 1 aromatic rings. The van der Waals surface area contributed by atoms with E-state index >= 15 is 0 Å². The third kappa shape index (κ3) is 3.71. The molecule has 0 bridgehead atoms. The molecule has 1 aliphatic rings. The van der Waals surface area contributed by atoms with Gasteiger partial charge in [-0.15, -0.1) is 0 Å². The maximum atomic E-state index is 14.4. The number of halogens is 2. The molecule has 1 heterocycles. The Morgan fingerprint density at radius 1 is 1.33 bits per heavy atom. The summed E-state index contributed by atoms with van der Waals surface area (Å²) >= 11 is 0. The molecule has 1 fully saturated rings. The molecule has 3 nitrogen and oxygen atoms in total. The second-order valence-electron chi connectivity index (χ2n) is 5.93. The minimum Gasteiger partial charge on any atom is -0.375 e. The summed E-state index contributed by atoms with van der Waals surface area (Å²) in [5, 5.41) is 0. The average Bonchev–Trinajstić information content (AvgIpc) is 2.41. The number of nitrogens with two attached hydrogens (primary N) is 1. The van der Waals surface area contributed by atoms with Gasteiger partial charge < -0.3 is 15.4 Å². The van der Waals surface area contributed by atoms with Crippen molar-refractivity contribution in [2.24, 2.45) is 5.73 Å². The first kappa shape index (κ1) is 16.2. The number of morpholine rings is 1. The summed E-state index contributed by atoms with van der Waals surface area (Å²) in [4.78, 5) is 1.75. The van der Waals surface area contributed by atoms with Gasteiger partial charge >= 0.3 is 0 Å². The van der Waals surface area contributed by atoms with E-state index in [1.807, 2.05) is 20.8 Å². The van der Waals surface area contributed by atoms with Crippen molar-refractivity contribution in [3.63, 3.8) is 0 Å². The van der Waals surface area contributed by atoms with E-state index < -0.39 is 11.6 Å². The molecule has 21 heavy (non-hydrogen) atoms. The predicted octanol–water partition coefficient (Wildman–Crippen LogP) is 2.86. The van der Waals surface area contributed by atoms with Crippen molar-refractivity contribution < 1.29 is 13.5 Å². The average molecular weight is 298 g/mol. The summed E-state index contributed by atoms with van der Waals surface area (Å²) in [6.07, 6.45) is 1.23. The highest BCUT2D eigenvalue weighted by atomic mass is 19.1. The minimum absolute atomic E-state index is 0.0341. The predicted molar refractivity (Wildman–Crippen MR) is 80.6 cm³/mol. The number of anilines is 1. The third-order valence-corrected chi connectivity index (χ3v) is 3.99. The topological polar surface area (TPSA) is 38.5 Å². The van der Waals surface area contributed by atoms with Crippen LogP contribution in [0.3, 0.4) is 0 Å². The lowest BCUT2D eigenvalue weighted by atomic mass is 10.0. The van der Waals surface area contributed by atoms with Crippen molar-refractivity contribution in [3.05, 3.63) is 29.3 Å². The first-order valence-corrected chi connectivity index (χ1v) is 7.54. The van der Waals surface area contributed by atoms with Crippen LogP contribution in [-0.2, 0) is 11.2 Å². The summed E-state index contributed by atoms with van der Waals surface area (Å²) in [5.41, 5.74) is 6.51. The van der Waals surface area contributed by atoms with Crippen LogP contribution in [0.5, 0.6) is 0 Å². The van der Waals surface area contributed by atoms with Crippen LogP contribution in [0.1, 0.15) is 32.8 Å². The maximum Gasteiger partial charge on any atom is 0.149 e. The fourth-order valence-electron chi connectivity index (χ4n) is 2.67. The van der Waals surface area contributed by atoms with Crippen molar-refractivity contribution in [2.45, 2.75) is 51.8 Å². The normalized spacial score (nSPS) is 24.2. The molecule has 0 spiro atoms. The molecule has 5 heteroatoms. The monoisotopic (exact) mass is 298 g/mol. The van der Waals surface area contributed by atoms with Gasteiger partial charge in [0.1, 0.15) is 17.3 Å². The van der Waals surface area contributed by atoms with Crippen molar-refractivity contribution in [1.82, 2.24) is 0 Å². The molecule has 0 radical (unpaired) electrons. The van der Waals surface area contributed by atoms with Gasteiger partial charge in [0.15, 0.2) is 0 Å². The van der Waals surface area contributed by atoms with E-state index in [0.29, 0.717) is 25.1 Å². The molecule has 2 N–H and O–H groups in total. The van der Waals surface area contributed by atoms with E-state index in [4.69, 9.17) is 10.5 Å². The number of benzene rings is 1. The van der Waals surface area contributed by atoms with Gasteiger partial charge in [-0.05, 0) is 44.4 Å². The Kier molecular flexibility index (Phi) is 5.17. The van der Waals surface area contributed by atoms with Gasteiger partial charge in [-0.25, -0.2) is 8.78 Å². The molecule has 0 amide bonds. The minimum atomic E-state index is -0.519. The lowest BCUT2D eigenvalue weighted by Gasteiger charge is -2.38. The van der Waals surface area contributed by atoms with Crippen LogP contribution >= 0.6 is 0 Å². The van der Waals surface area contributed by atoms with Crippen LogP contribution in [0.25, 0.3) is 0 Å². The summed E-state index contributed by atoms with van der Waals surface area (Å²) in [6, 6.07) is 2.69. The first-order chi connectivity index (χ1) is 9.92. The van der Waals surface area contributed by atoms with Gasteiger partial charge in [0, 0.05) is 18.6 Å². The van der Waals surface area contributed by atoms with Crippen LogP contribution in [0, 0.1) is 11.6 Å². The Morgan fingerprint density at radius 3 is 2.52 bits per heavy atom. The Hall–Kier alpha value is -1.20. The number of nitrogens with zero attached hydrogens (tertiary/aromatic N) is 1. The second kappa shape index (κ2) is 6.71. The van der Waals surface area contributed by atoms with Crippen LogP contribution in [0.4, 0.5) is 14.5 Å². The number of hydrogen-bond acceptors (Lipinski definition) is 3. The smallest absolute Gasteiger partial charge is 0.149 e. The van der Waals surface area contributed by atoms with E-state index in [0.717, 1.165) is 6.42 Å². The third-order valence-electron chi connectivity index (χ3n) is 3.99. The molecule has 3 unspecified atom stereocenters. The van der Waals surface area contributed by atoms with Crippen molar-refractivity contribution in [2.75, 3.05) is 18.1 Å². The largest absolute Gasteiger partial charge is 0.375 e. The van der Waals surface area contributed by atoms with Crippen LogP contribution < -0.4 is 10.6 Å². The van der Waals surface area contributed by atoms with E-state index in [-0.39, 0.29) is 23.9 Å². The number of hydrogen-bond donors (Lipinski definition) is 1. The fraction of sp³-hybridized carbons (Fsp3) is 0.625. The molecular weight excluding hydrogens is 274 g/mol. The first-order valence-electron chi connectivity index (χ1n) is 7.54. The zero-order valence-electron chi connectivity index (χ0n) is 12.9. The molecular formula is C16H24F2N2O. The lowest BCUT2D eigenvalue weighted by molar-refractivity contribution is 0.0338. The van der Waals surface area contributed by atoms with E-state index in [1.165, 1.54) is 12.1 Å². The van der Waals surface area contributed by atoms with Gasteiger partial charge in [0.05, 0.1) is 12.7 Å². The summed E-state index contributed by atoms with van der Waals surface area (Å²) < 4.78 is 34.3. The SMILES string of the molecule is CCC(N)Cc1cc(F)c(N2CC(C)OCC2C)c(F)c1. The molecule has 1 saturated heterocycles. The molecule has 2 rings (SSSR count). The Labute approximate surface area is 125 Å². The van der Waals surface area contributed by atoms with Gasteiger partial charge in [0.25, 0.3) is 0 Å². The highest BCUT2D eigenvalue weighted by Gasteiger charge is 2.28. The van der Waals surface area contributed by atoms with Gasteiger partial charge in [-0.3, -0.25) is 0 Å². The quantitative estimate of drug-likeness (QED) is 0.929. The van der Waals surface area contributed by atoms with E-state index in [2.05, 4.69) is 0 Å². The Bertz CT molecular complexity index is 472. The lowest BCUT2D eigenvalue weighted by Crippen LogP contribution is -2.48. The zero-order valence-corrected chi connectivity index (χ0v) is 12.9. The molecule has 3 atom stereocenters. The summed E-state index contributed by atoms with van der Waals surface area (Å²) in [7, 11) is 0. The molecule has 0 aromatic heterocycles. The van der Waals surface area contributed by atoms with Crippen molar-refractivity contribution in [1.29, 1.82) is 0 Å². The van der Waals surface area contributed by atoms with Crippen LogP contribution in [0.2, 0.25) is 0 Å².